The number of fused-ring (bicyclic) bond motifs is 1. The number of carbonyl (C=O) groups is 1. The first-order valence-corrected chi connectivity index (χ1v) is 12.3. The lowest BCUT2D eigenvalue weighted by atomic mass is 9.99. The number of nitrogens with two attached hydrogens (primary N) is 1. The van der Waals surface area contributed by atoms with Gasteiger partial charge in [-0.1, -0.05) is 18.2 Å². The van der Waals surface area contributed by atoms with Crippen LogP contribution in [0, 0.1) is 0 Å². The van der Waals surface area contributed by atoms with Gasteiger partial charge in [-0.25, -0.2) is 13.4 Å². The van der Waals surface area contributed by atoms with Crippen molar-refractivity contribution in [1.29, 1.82) is 0 Å². The Labute approximate surface area is 192 Å². The molecule has 1 aliphatic carbocycles. The summed E-state index contributed by atoms with van der Waals surface area (Å²) in [4.78, 5) is 16.8. The number of amides is 1. The fourth-order valence-corrected chi connectivity index (χ4v) is 5.42. The van der Waals surface area contributed by atoms with Crippen molar-refractivity contribution >= 4 is 27.4 Å². The summed E-state index contributed by atoms with van der Waals surface area (Å²) in [6.45, 7) is 1.20. The van der Waals surface area contributed by atoms with Crippen LogP contribution >= 0.6 is 0 Å². The molecule has 2 aliphatic rings. The Morgan fingerprint density at radius 3 is 2.36 bits per heavy atom. The molecule has 0 bridgehead atoms. The molecule has 0 atom stereocenters. The topological polar surface area (TPSA) is 117 Å². The lowest BCUT2D eigenvalue weighted by molar-refractivity contribution is 0.0958. The summed E-state index contributed by atoms with van der Waals surface area (Å²) < 4.78 is 27.0. The van der Waals surface area contributed by atoms with E-state index in [2.05, 4.69) is 15.6 Å². The Morgan fingerprint density at radius 1 is 0.939 bits per heavy atom. The first-order chi connectivity index (χ1) is 15.8. The van der Waals surface area contributed by atoms with Crippen LogP contribution in [-0.4, -0.2) is 49.8 Å². The van der Waals surface area contributed by atoms with Gasteiger partial charge >= 0.3 is 0 Å². The van der Waals surface area contributed by atoms with Gasteiger partial charge in [0.2, 0.25) is 10.0 Å². The Kier molecular flexibility index (Phi) is 5.30. The predicted molar refractivity (Wildman–Crippen MR) is 128 cm³/mol. The fraction of sp³-hybridized carbons (Fsp3) is 0.250. The number of nitrogens with zero attached hydrogens (tertiary/aromatic N) is 2. The van der Waals surface area contributed by atoms with Crippen LogP contribution in [0.25, 0.3) is 22.3 Å². The number of pyridine rings is 1. The Morgan fingerprint density at radius 2 is 1.64 bits per heavy atom. The van der Waals surface area contributed by atoms with Crippen molar-refractivity contribution in [2.75, 3.05) is 31.2 Å². The van der Waals surface area contributed by atoms with Crippen molar-refractivity contribution < 1.29 is 13.2 Å². The van der Waals surface area contributed by atoms with E-state index in [-0.39, 0.29) is 16.8 Å². The molecule has 0 spiro atoms. The summed E-state index contributed by atoms with van der Waals surface area (Å²) >= 11 is 0. The normalized spacial score (nSPS) is 16.0. The number of nitrogens with one attached hydrogen (secondary N) is 2. The summed E-state index contributed by atoms with van der Waals surface area (Å²) in [5.74, 6) is 0.269. The van der Waals surface area contributed by atoms with Crippen molar-refractivity contribution in [3.8, 4) is 22.3 Å². The van der Waals surface area contributed by atoms with E-state index in [9.17, 15) is 13.2 Å². The second kappa shape index (κ2) is 8.17. The van der Waals surface area contributed by atoms with Gasteiger partial charge in [-0.05, 0) is 54.3 Å². The highest BCUT2D eigenvalue weighted by molar-refractivity contribution is 7.89. The van der Waals surface area contributed by atoms with Crippen LogP contribution < -0.4 is 16.4 Å². The summed E-state index contributed by atoms with van der Waals surface area (Å²) in [5.41, 5.74) is 10.8. The summed E-state index contributed by atoms with van der Waals surface area (Å²) in [7, 11) is -1.86. The highest BCUT2D eigenvalue weighted by Gasteiger charge is 2.34. The van der Waals surface area contributed by atoms with E-state index in [0.29, 0.717) is 24.5 Å². The minimum absolute atomic E-state index is 0.108. The third-order valence-corrected chi connectivity index (χ3v) is 8.07. The smallest absolute Gasteiger partial charge is 0.253 e. The molecule has 1 amide bonds. The molecule has 1 saturated carbocycles. The lowest BCUT2D eigenvalue weighted by Gasteiger charge is -2.16. The van der Waals surface area contributed by atoms with Crippen LogP contribution in [0.1, 0.15) is 23.2 Å². The molecular weight excluding hydrogens is 438 g/mol. The zero-order valence-corrected chi connectivity index (χ0v) is 19.0. The summed E-state index contributed by atoms with van der Waals surface area (Å²) in [6.07, 6.45) is 3.50. The number of aromatic nitrogens is 1. The van der Waals surface area contributed by atoms with E-state index in [1.807, 2.05) is 18.2 Å². The van der Waals surface area contributed by atoms with Crippen molar-refractivity contribution in [1.82, 2.24) is 14.6 Å². The van der Waals surface area contributed by atoms with E-state index < -0.39 is 10.0 Å². The van der Waals surface area contributed by atoms with Gasteiger partial charge in [-0.3, -0.25) is 4.79 Å². The molecule has 170 valence electrons. The van der Waals surface area contributed by atoms with Gasteiger partial charge in [0.05, 0.1) is 10.5 Å². The Hall–Kier alpha value is -3.43. The zero-order valence-electron chi connectivity index (χ0n) is 18.2. The Balaban J connectivity index is 1.47. The average Bonchev–Trinajstić information content (AvgIpc) is 3.68. The number of benzene rings is 2. The van der Waals surface area contributed by atoms with E-state index >= 15 is 0 Å². The molecular formula is C24H25N5O3S. The number of rotatable bonds is 5. The standard InChI is InChI=1S/C24H25N5O3S/c1-29(18-5-6-18)33(31,32)19-7-2-15(3-8-19)17-12-21(23(25)28-14-17)16-4-9-20-22(13-16)26-10-11-27-24(20)30/h2-4,7-9,12-14,18,26H,5-6,10-11H2,1H3,(H2,25,28)(H,27,30). The number of sulfonamides is 1. The molecule has 4 N–H and O–H groups in total. The van der Waals surface area contributed by atoms with Gasteiger partial charge in [0.25, 0.3) is 5.91 Å². The van der Waals surface area contributed by atoms with E-state index in [1.54, 1.807) is 43.6 Å². The molecule has 33 heavy (non-hydrogen) atoms. The number of hydrogen-bond donors (Lipinski definition) is 3. The molecule has 2 aromatic carbocycles. The van der Waals surface area contributed by atoms with Crippen molar-refractivity contribution in [2.24, 2.45) is 0 Å². The molecule has 1 fully saturated rings. The van der Waals surface area contributed by atoms with E-state index in [4.69, 9.17) is 5.73 Å². The van der Waals surface area contributed by atoms with Gasteiger partial charge in [0.15, 0.2) is 0 Å². The quantitative estimate of drug-likeness (QED) is 0.536. The van der Waals surface area contributed by atoms with E-state index in [0.717, 1.165) is 40.8 Å². The van der Waals surface area contributed by atoms with Crippen molar-refractivity contribution in [2.45, 2.75) is 23.8 Å². The molecule has 5 rings (SSSR count). The van der Waals surface area contributed by atoms with Crippen molar-refractivity contribution in [3.05, 3.63) is 60.3 Å². The SMILES string of the molecule is CN(C1CC1)S(=O)(=O)c1ccc(-c2cnc(N)c(-c3ccc4c(c3)NCCNC4=O)c2)cc1. The van der Waals surface area contributed by atoms with Crippen LogP contribution in [0.4, 0.5) is 11.5 Å². The third-order valence-electron chi connectivity index (χ3n) is 6.15. The second-order valence-corrected chi connectivity index (χ2v) is 10.4. The molecule has 3 aromatic rings. The first-order valence-electron chi connectivity index (χ1n) is 10.8. The van der Waals surface area contributed by atoms with Gasteiger partial charge in [-0.15, -0.1) is 0 Å². The summed E-state index contributed by atoms with van der Waals surface area (Å²) in [6, 6.07) is 14.4. The third kappa shape index (κ3) is 4.05. The van der Waals surface area contributed by atoms with Crippen LogP contribution in [0.2, 0.25) is 0 Å². The summed E-state index contributed by atoms with van der Waals surface area (Å²) in [5, 5.41) is 6.12. The minimum Gasteiger partial charge on any atom is -0.383 e. The van der Waals surface area contributed by atoms with Crippen LogP contribution in [0.15, 0.2) is 59.6 Å². The first kappa shape index (κ1) is 21.4. The second-order valence-electron chi connectivity index (χ2n) is 8.38. The lowest BCUT2D eigenvalue weighted by Crippen LogP contribution is -2.28. The van der Waals surface area contributed by atoms with Gasteiger partial charge in [0, 0.05) is 49.2 Å². The number of hydrogen-bond acceptors (Lipinski definition) is 6. The predicted octanol–water partition coefficient (Wildman–Crippen LogP) is 2.94. The van der Waals surface area contributed by atoms with E-state index in [1.165, 1.54) is 4.31 Å². The number of anilines is 2. The molecule has 0 unspecified atom stereocenters. The van der Waals surface area contributed by atoms with Crippen LogP contribution in [0.5, 0.6) is 0 Å². The molecule has 2 heterocycles. The van der Waals surface area contributed by atoms with Gasteiger partial charge < -0.3 is 16.4 Å². The van der Waals surface area contributed by atoms with Crippen LogP contribution in [0.3, 0.4) is 0 Å². The maximum atomic E-state index is 12.8. The molecule has 9 heteroatoms. The fourth-order valence-electron chi connectivity index (χ4n) is 4.01. The molecule has 8 nitrogen and oxygen atoms in total. The van der Waals surface area contributed by atoms with Gasteiger partial charge in [-0.2, -0.15) is 4.31 Å². The maximum Gasteiger partial charge on any atom is 0.253 e. The number of carbonyl (C=O) groups excluding carboxylic acids is 1. The molecule has 0 radical (unpaired) electrons. The Bertz CT molecular complexity index is 1330. The van der Waals surface area contributed by atoms with Crippen molar-refractivity contribution in [3.63, 3.8) is 0 Å². The zero-order chi connectivity index (χ0) is 23.2. The highest BCUT2D eigenvalue weighted by Crippen LogP contribution is 2.34. The molecule has 1 aliphatic heterocycles. The van der Waals surface area contributed by atoms with Gasteiger partial charge in [0.1, 0.15) is 5.82 Å². The monoisotopic (exact) mass is 463 g/mol. The maximum absolute atomic E-state index is 12.8. The number of nitrogen functional groups attached to an aromatic ring is 1. The largest absolute Gasteiger partial charge is 0.383 e. The average molecular weight is 464 g/mol. The minimum atomic E-state index is -3.49. The molecule has 0 saturated heterocycles. The highest BCUT2D eigenvalue weighted by atomic mass is 32.2. The van der Waals surface area contributed by atoms with Crippen LogP contribution in [-0.2, 0) is 10.0 Å². The molecule has 1 aromatic heterocycles.